The summed E-state index contributed by atoms with van der Waals surface area (Å²) >= 11 is 0. The number of hydrogen-bond acceptors (Lipinski definition) is 5. The Bertz CT molecular complexity index is 840. The SMILES string of the molecule is CC(C)CN(CC1CCCCO1)c1nc2c(C(C)(C)C)nn(C)c2c(=O)[nH]1. The Hall–Kier alpha value is -1.89. The van der Waals surface area contributed by atoms with Crippen LogP contribution in [-0.2, 0) is 17.2 Å². The smallest absolute Gasteiger partial charge is 0.278 e. The van der Waals surface area contributed by atoms with E-state index in [1.165, 1.54) is 6.42 Å². The Balaban J connectivity index is 2.04. The van der Waals surface area contributed by atoms with Gasteiger partial charge in [-0.05, 0) is 25.2 Å². The minimum absolute atomic E-state index is 0.140. The van der Waals surface area contributed by atoms with Crippen molar-refractivity contribution < 1.29 is 4.74 Å². The minimum Gasteiger partial charge on any atom is -0.376 e. The quantitative estimate of drug-likeness (QED) is 0.869. The molecule has 150 valence electrons. The third kappa shape index (κ3) is 4.34. The topological polar surface area (TPSA) is 76.0 Å². The number of nitrogens with zero attached hydrogens (tertiary/aromatic N) is 4. The van der Waals surface area contributed by atoms with Gasteiger partial charge in [-0.1, -0.05) is 34.6 Å². The largest absolute Gasteiger partial charge is 0.376 e. The van der Waals surface area contributed by atoms with Crippen molar-refractivity contribution in [2.75, 3.05) is 24.6 Å². The minimum atomic E-state index is -0.188. The van der Waals surface area contributed by atoms with Crippen molar-refractivity contribution in [2.24, 2.45) is 13.0 Å². The molecule has 2 aromatic heterocycles. The lowest BCUT2D eigenvalue weighted by molar-refractivity contribution is 0.0205. The normalized spacial score (nSPS) is 18.4. The highest BCUT2D eigenvalue weighted by Gasteiger charge is 2.27. The van der Waals surface area contributed by atoms with Crippen LogP contribution in [0.5, 0.6) is 0 Å². The van der Waals surface area contributed by atoms with Crippen molar-refractivity contribution in [3.63, 3.8) is 0 Å². The van der Waals surface area contributed by atoms with Crippen LogP contribution in [0.4, 0.5) is 5.95 Å². The van der Waals surface area contributed by atoms with Crippen LogP contribution in [0.1, 0.15) is 59.6 Å². The number of anilines is 1. The fraction of sp³-hybridized carbons (Fsp3) is 0.750. The molecule has 27 heavy (non-hydrogen) atoms. The Morgan fingerprint density at radius 3 is 2.67 bits per heavy atom. The number of hydrogen-bond donors (Lipinski definition) is 1. The second kappa shape index (κ2) is 7.62. The molecule has 3 rings (SSSR count). The first-order chi connectivity index (χ1) is 12.7. The van der Waals surface area contributed by atoms with Crippen LogP contribution in [0.2, 0.25) is 0 Å². The van der Waals surface area contributed by atoms with Crippen LogP contribution < -0.4 is 10.5 Å². The number of rotatable bonds is 5. The molecule has 7 nitrogen and oxygen atoms in total. The summed E-state index contributed by atoms with van der Waals surface area (Å²) in [6.45, 7) is 13.0. The van der Waals surface area contributed by atoms with Crippen LogP contribution in [0.3, 0.4) is 0 Å². The van der Waals surface area contributed by atoms with E-state index < -0.39 is 0 Å². The highest BCUT2D eigenvalue weighted by Crippen LogP contribution is 2.27. The van der Waals surface area contributed by atoms with Gasteiger partial charge >= 0.3 is 0 Å². The molecule has 0 amide bonds. The molecule has 7 heteroatoms. The molecule has 1 aliphatic rings. The predicted molar refractivity (Wildman–Crippen MR) is 108 cm³/mol. The molecular formula is C20H33N5O2. The van der Waals surface area contributed by atoms with Gasteiger partial charge in [-0.2, -0.15) is 5.10 Å². The molecule has 0 radical (unpaired) electrons. The number of ether oxygens (including phenoxy) is 1. The third-order valence-electron chi connectivity index (χ3n) is 4.97. The molecule has 3 heterocycles. The number of aromatic nitrogens is 4. The second-order valence-corrected chi connectivity index (χ2v) is 9.10. The number of nitrogens with one attached hydrogen (secondary N) is 1. The van der Waals surface area contributed by atoms with E-state index in [0.717, 1.165) is 38.2 Å². The average molecular weight is 376 g/mol. The number of H-pyrrole nitrogens is 1. The summed E-state index contributed by atoms with van der Waals surface area (Å²) in [5.41, 5.74) is 1.75. The van der Waals surface area contributed by atoms with E-state index in [9.17, 15) is 4.79 Å². The van der Waals surface area contributed by atoms with E-state index >= 15 is 0 Å². The monoisotopic (exact) mass is 375 g/mol. The second-order valence-electron chi connectivity index (χ2n) is 9.10. The number of fused-ring (bicyclic) bond motifs is 1. The van der Waals surface area contributed by atoms with Crippen LogP contribution in [0.15, 0.2) is 4.79 Å². The summed E-state index contributed by atoms with van der Waals surface area (Å²) in [4.78, 5) is 22.9. The van der Waals surface area contributed by atoms with E-state index in [2.05, 4.69) is 49.6 Å². The fourth-order valence-electron chi connectivity index (χ4n) is 3.71. The lowest BCUT2D eigenvalue weighted by Gasteiger charge is -2.31. The summed E-state index contributed by atoms with van der Waals surface area (Å²) in [6.07, 6.45) is 3.57. The highest BCUT2D eigenvalue weighted by molar-refractivity contribution is 5.78. The van der Waals surface area contributed by atoms with Gasteiger partial charge in [0.1, 0.15) is 5.52 Å². The van der Waals surface area contributed by atoms with Crippen molar-refractivity contribution in [1.82, 2.24) is 19.7 Å². The molecule has 0 aliphatic carbocycles. The highest BCUT2D eigenvalue weighted by atomic mass is 16.5. The molecule has 1 saturated heterocycles. The molecule has 0 saturated carbocycles. The third-order valence-corrected chi connectivity index (χ3v) is 4.97. The van der Waals surface area contributed by atoms with Gasteiger partial charge in [-0.15, -0.1) is 0 Å². The molecular weight excluding hydrogens is 342 g/mol. The molecule has 1 aliphatic heterocycles. The van der Waals surface area contributed by atoms with E-state index in [1.54, 1.807) is 11.7 Å². The standard InChI is InChI=1S/C20H33N5O2/c1-13(2)11-25(12-14-9-7-8-10-27-14)19-21-15-16(18(26)22-19)24(6)23-17(15)20(3,4)5/h13-14H,7-12H2,1-6H3,(H,21,22,26). The van der Waals surface area contributed by atoms with Gasteiger partial charge in [0.2, 0.25) is 5.95 Å². The zero-order valence-corrected chi connectivity index (χ0v) is 17.5. The Morgan fingerprint density at radius 2 is 2.07 bits per heavy atom. The molecule has 2 aromatic rings. The van der Waals surface area contributed by atoms with E-state index in [-0.39, 0.29) is 17.1 Å². The number of aryl methyl sites for hydroxylation is 1. The maximum absolute atomic E-state index is 12.8. The van der Waals surface area contributed by atoms with Crippen molar-refractivity contribution >= 4 is 17.0 Å². The van der Waals surface area contributed by atoms with Crippen LogP contribution in [0.25, 0.3) is 11.0 Å². The van der Waals surface area contributed by atoms with Gasteiger partial charge in [-0.25, -0.2) is 4.98 Å². The maximum atomic E-state index is 12.8. The van der Waals surface area contributed by atoms with Crippen LogP contribution in [0, 0.1) is 5.92 Å². The van der Waals surface area contributed by atoms with Crippen LogP contribution >= 0.6 is 0 Å². The number of aromatic amines is 1. The Labute approximate surface area is 161 Å². The molecule has 1 fully saturated rings. The van der Waals surface area contributed by atoms with Gasteiger partial charge in [0.15, 0.2) is 5.52 Å². The molecule has 0 bridgehead atoms. The van der Waals surface area contributed by atoms with Gasteiger partial charge in [0.05, 0.1) is 11.8 Å². The molecule has 1 unspecified atom stereocenters. The lowest BCUT2D eigenvalue weighted by Crippen LogP contribution is -2.39. The molecule has 0 aromatic carbocycles. The lowest BCUT2D eigenvalue weighted by atomic mass is 9.91. The predicted octanol–water partition coefficient (Wildman–Crippen LogP) is 2.99. The first-order valence-electron chi connectivity index (χ1n) is 10.0. The Kier molecular flexibility index (Phi) is 5.60. The van der Waals surface area contributed by atoms with E-state index in [4.69, 9.17) is 9.72 Å². The summed E-state index contributed by atoms with van der Waals surface area (Å²) in [6, 6.07) is 0. The zero-order valence-electron chi connectivity index (χ0n) is 17.5. The molecule has 1 atom stereocenters. The Morgan fingerprint density at radius 1 is 1.33 bits per heavy atom. The summed E-state index contributed by atoms with van der Waals surface area (Å²) < 4.78 is 7.57. The summed E-state index contributed by atoms with van der Waals surface area (Å²) in [7, 11) is 1.80. The van der Waals surface area contributed by atoms with Gasteiger partial charge in [0.25, 0.3) is 5.56 Å². The first kappa shape index (κ1) is 19.9. The van der Waals surface area contributed by atoms with Crippen molar-refractivity contribution in [3.8, 4) is 0 Å². The van der Waals surface area contributed by atoms with Crippen molar-refractivity contribution in [1.29, 1.82) is 0 Å². The van der Waals surface area contributed by atoms with Gasteiger partial charge in [0, 0.05) is 32.2 Å². The zero-order chi connectivity index (χ0) is 19.8. The van der Waals surface area contributed by atoms with E-state index in [1.807, 2.05) is 0 Å². The van der Waals surface area contributed by atoms with Gasteiger partial charge < -0.3 is 9.64 Å². The van der Waals surface area contributed by atoms with Gasteiger partial charge in [-0.3, -0.25) is 14.5 Å². The molecule has 1 N–H and O–H groups in total. The first-order valence-corrected chi connectivity index (χ1v) is 10.0. The van der Waals surface area contributed by atoms with E-state index in [0.29, 0.717) is 22.9 Å². The summed E-state index contributed by atoms with van der Waals surface area (Å²) in [5.74, 6) is 1.07. The molecule has 0 spiro atoms. The summed E-state index contributed by atoms with van der Waals surface area (Å²) in [5, 5.41) is 4.59. The van der Waals surface area contributed by atoms with Crippen molar-refractivity contribution in [2.45, 2.75) is 65.4 Å². The maximum Gasteiger partial charge on any atom is 0.278 e. The van der Waals surface area contributed by atoms with Crippen LogP contribution in [-0.4, -0.2) is 45.5 Å². The average Bonchev–Trinajstić information content (AvgIpc) is 2.92. The van der Waals surface area contributed by atoms with Crippen molar-refractivity contribution in [3.05, 3.63) is 16.0 Å². The fourth-order valence-corrected chi connectivity index (χ4v) is 3.71.